The van der Waals surface area contributed by atoms with Crippen molar-refractivity contribution in [3.8, 4) is 0 Å². The van der Waals surface area contributed by atoms with E-state index in [0.717, 1.165) is 18.2 Å². The van der Waals surface area contributed by atoms with Crippen LogP contribution in [0.4, 0.5) is 24.5 Å². The topological polar surface area (TPSA) is 82.3 Å². The molecule has 0 unspecified atom stereocenters. The third-order valence-electron chi connectivity index (χ3n) is 4.25. The second kappa shape index (κ2) is 10.3. The van der Waals surface area contributed by atoms with Gasteiger partial charge >= 0.3 is 6.18 Å². The molecule has 0 aliphatic heterocycles. The van der Waals surface area contributed by atoms with E-state index in [9.17, 15) is 22.8 Å². The van der Waals surface area contributed by atoms with Gasteiger partial charge in [-0.1, -0.05) is 35.9 Å². The molecule has 3 rings (SSSR count). The number of rotatable bonds is 4. The van der Waals surface area contributed by atoms with Crippen LogP contribution in [-0.4, -0.2) is 16.9 Å². The molecule has 33 heavy (non-hydrogen) atoms. The second-order valence-electron chi connectivity index (χ2n) is 6.63. The number of hydrogen-bond donors (Lipinski definition) is 4. The molecule has 0 bridgehead atoms. The predicted octanol–water partition coefficient (Wildman–Crippen LogP) is 5.24. The molecule has 4 N–H and O–H groups in total. The second-order valence-corrected chi connectivity index (χ2v) is 7.44. The number of alkyl halides is 3. The highest BCUT2D eigenvalue weighted by Crippen LogP contribution is 2.29. The highest BCUT2D eigenvalue weighted by molar-refractivity contribution is 7.80. The zero-order valence-electron chi connectivity index (χ0n) is 16.7. The molecule has 3 aromatic rings. The Labute approximate surface area is 197 Å². The monoisotopic (exact) mass is 492 g/mol. The summed E-state index contributed by atoms with van der Waals surface area (Å²) in [6.07, 6.45) is -4.57. The maximum atomic E-state index is 12.9. The first kappa shape index (κ1) is 24.0. The number of thiocarbonyl (C=S) groups is 1. The van der Waals surface area contributed by atoms with Crippen LogP contribution in [0.2, 0.25) is 5.02 Å². The van der Waals surface area contributed by atoms with Crippen molar-refractivity contribution >= 4 is 52.1 Å². The number of hydrazine groups is 1. The predicted molar refractivity (Wildman–Crippen MR) is 124 cm³/mol. The van der Waals surface area contributed by atoms with Gasteiger partial charge in [-0.3, -0.25) is 20.4 Å². The number of amides is 2. The first-order valence-corrected chi connectivity index (χ1v) is 10.1. The summed E-state index contributed by atoms with van der Waals surface area (Å²) in [5.74, 6) is -1.31. The molecule has 2 amide bonds. The van der Waals surface area contributed by atoms with Crippen molar-refractivity contribution < 1.29 is 22.8 Å². The molecule has 11 heteroatoms. The van der Waals surface area contributed by atoms with Gasteiger partial charge in [-0.05, 0) is 60.7 Å². The standard InChI is InChI=1S/C22H16ClF3N4O2S/c23-17-9-1-2-10-18(17)28-21(33)30-29-20(32)14-6-4-8-16(12-14)27-19(31)13-5-3-7-15(11-13)22(24,25)26/h1-12H,(H,27,31)(H,29,32)(H2,28,30,33). The van der Waals surface area contributed by atoms with E-state index in [0.29, 0.717) is 10.7 Å². The third-order valence-corrected chi connectivity index (χ3v) is 4.78. The number of nitrogens with one attached hydrogen (secondary N) is 4. The Morgan fingerprint density at radius 2 is 1.45 bits per heavy atom. The summed E-state index contributed by atoms with van der Waals surface area (Å²) in [6.45, 7) is 0. The quantitative estimate of drug-likeness (QED) is 0.296. The molecule has 0 saturated heterocycles. The first-order chi connectivity index (χ1) is 15.6. The molecule has 3 aromatic carbocycles. The number of benzene rings is 3. The van der Waals surface area contributed by atoms with Gasteiger partial charge < -0.3 is 10.6 Å². The number of hydrogen-bond acceptors (Lipinski definition) is 3. The van der Waals surface area contributed by atoms with Gasteiger partial charge in [0.15, 0.2) is 5.11 Å². The average Bonchev–Trinajstić information content (AvgIpc) is 2.78. The Morgan fingerprint density at radius 1 is 0.788 bits per heavy atom. The molecule has 0 heterocycles. The maximum absolute atomic E-state index is 12.9. The normalized spacial score (nSPS) is 10.8. The zero-order chi connectivity index (χ0) is 24.0. The molecular formula is C22H16ClF3N4O2S. The summed E-state index contributed by atoms with van der Waals surface area (Å²) in [5, 5.41) is 5.83. The lowest BCUT2D eigenvalue weighted by Gasteiger charge is -2.13. The minimum Gasteiger partial charge on any atom is -0.330 e. The van der Waals surface area contributed by atoms with E-state index in [1.165, 1.54) is 30.3 Å². The van der Waals surface area contributed by atoms with Gasteiger partial charge in [0, 0.05) is 16.8 Å². The molecule has 6 nitrogen and oxygen atoms in total. The van der Waals surface area contributed by atoms with E-state index in [4.69, 9.17) is 23.8 Å². The highest BCUT2D eigenvalue weighted by Gasteiger charge is 2.30. The van der Waals surface area contributed by atoms with Crippen LogP contribution in [0.3, 0.4) is 0 Å². The number of para-hydroxylation sites is 1. The zero-order valence-corrected chi connectivity index (χ0v) is 18.2. The lowest BCUT2D eigenvalue weighted by atomic mass is 10.1. The molecule has 0 aliphatic carbocycles. The number of anilines is 2. The molecule has 0 radical (unpaired) electrons. The summed E-state index contributed by atoms with van der Waals surface area (Å²) >= 11 is 11.1. The Morgan fingerprint density at radius 3 is 2.15 bits per heavy atom. The fraction of sp³-hybridized carbons (Fsp3) is 0.0455. The van der Waals surface area contributed by atoms with Crippen LogP contribution >= 0.6 is 23.8 Å². The van der Waals surface area contributed by atoms with Crippen molar-refractivity contribution in [2.75, 3.05) is 10.6 Å². The van der Waals surface area contributed by atoms with Gasteiger partial charge in [-0.15, -0.1) is 0 Å². The van der Waals surface area contributed by atoms with Gasteiger partial charge in [-0.25, -0.2) is 0 Å². The van der Waals surface area contributed by atoms with Gasteiger partial charge in [0.05, 0.1) is 16.3 Å². The summed E-state index contributed by atoms with van der Waals surface area (Å²) in [5.41, 5.74) is 4.77. The molecule has 0 spiro atoms. The molecule has 0 atom stereocenters. The van der Waals surface area contributed by atoms with Crippen molar-refractivity contribution in [2.45, 2.75) is 6.18 Å². The average molecular weight is 493 g/mol. The van der Waals surface area contributed by atoms with Crippen LogP contribution in [0.25, 0.3) is 0 Å². The fourth-order valence-corrected chi connectivity index (χ4v) is 3.02. The fourth-order valence-electron chi connectivity index (χ4n) is 2.68. The first-order valence-electron chi connectivity index (χ1n) is 9.34. The van der Waals surface area contributed by atoms with Gasteiger partial charge in [0.2, 0.25) is 0 Å². The largest absolute Gasteiger partial charge is 0.416 e. The van der Waals surface area contributed by atoms with Gasteiger partial charge in [-0.2, -0.15) is 13.2 Å². The summed E-state index contributed by atoms with van der Waals surface area (Å²) in [6, 6.07) is 16.8. The van der Waals surface area contributed by atoms with Crippen LogP contribution in [0.15, 0.2) is 72.8 Å². The minimum atomic E-state index is -4.57. The van der Waals surface area contributed by atoms with E-state index in [1.807, 2.05) is 0 Å². The number of carbonyl (C=O) groups is 2. The lowest BCUT2D eigenvalue weighted by Crippen LogP contribution is -2.43. The van der Waals surface area contributed by atoms with E-state index in [1.54, 1.807) is 24.3 Å². The van der Waals surface area contributed by atoms with Crippen LogP contribution in [-0.2, 0) is 6.18 Å². The molecule has 170 valence electrons. The van der Waals surface area contributed by atoms with Crippen molar-refractivity contribution in [3.63, 3.8) is 0 Å². The third kappa shape index (κ3) is 6.67. The molecule has 0 fully saturated rings. The smallest absolute Gasteiger partial charge is 0.330 e. The van der Waals surface area contributed by atoms with E-state index in [2.05, 4.69) is 21.5 Å². The number of carbonyl (C=O) groups excluding carboxylic acids is 2. The number of halogens is 4. The van der Waals surface area contributed by atoms with Crippen LogP contribution in [0.5, 0.6) is 0 Å². The molecule has 0 aliphatic rings. The lowest BCUT2D eigenvalue weighted by molar-refractivity contribution is -0.137. The Hall–Kier alpha value is -3.63. The van der Waals surface area contributed by atoms with Crippen LogP contribution < -0.4 is 21.5 Å². The van der Waals surface area contributed by atoms with Gasteiger partial charge in [0.25, 0.3) is 11.8 Å². The van der Waals surface area contributed by atoms with E-state index >= 15 is 0 Å². The SMILES string of the molecule is O=C(NNC(=S)Nc1ccccc1Cl)c1cccc(NC(=O)c2cccc(C(F)(F)F)c2)c1. The van der Waals surface area contributed by atoms with Gasteiger partial charge in [0.1, 0.15) is 0 Å². The van der Waals surface area contributed by atoms with Crippen molar-refractivity contribution in [2.24, 2.45) is 0 Å². The Bertz CT molecular complexity index is 1200. The minimum absolute atomic E-state index is 0.0884. The van der Waals surface area contributed by atoms with Crippen LogP contribution in [0, 0.1) is 0 Å². The van der Waals surface area contributed by atoms with Crippen molar-refractivity contribution in [3.05, 3.63) is 94.5 Å². The molecule has 0 saturated carbocycles. The van der Waals surface area contributed by atoms with E-state index in [-0.39, 0.29) is 21.9 Å². The molecule has 0 aromatic heterocycles. The van der Waals surface area contributed by atoms with Crippen LogP contribution in [0.1, 0.15) is 26.3 Å². The summed E-state index contributed by atoms with van der Waals surface area (Å²) < 4.78 is 38.6. The van der Waals surface area contributed by atoms with Crippen molar-refractivity contribution in [1.82, 2.24) is 10.9 Å². The Balaban J connectivity index is 1.61. The Kier molecular flexibility index (Phi) is 7.52. The molecular weight excluding hydrogens is 477 g/mol. The van der Waals surface area contributed by atoms with E-state index < -0.39 is 23.6 Å². The highest BCUT2D eigenvalue weighted by atomic mass is 35.5. The maximum Gasteiger partial charge on any atom is 0.416 e. The summed E-state index contributed by atoms with van der Waals surface area (Å²) in [7, 11) is 0. The van der Waals surface area contributed by atoms with Crippen molar-refractivity contribution in [1.29, 1.82) is 0 Å². The summed E-state index contributed by atoms with van der Waals surface area (Å²) in [4.78, 5) is 24.8.